The first-order valence-corrected chi connectivity index (χ1v) is 10.2. The average molecular weight is 399 g/mol. The lowest BCUT2D eigenvalue weighted by atomic mass is 10.0. The summed E-state index contributed by atoms with van der Waals surface area (Å²) in [6, 6.07) is 5.93. The first-order chi connectivity index (χ1) is 14.0. The molecule has 1 saturated heterocycles. The second-order valence-corrected chi connectivity index (χ2v) is 7.48. The standard InChI is InChI=1S/C21H29N5O3/c1-3-25-11-8-18(9-12-25)26(13-7-17-6-4-5-10-22-17)19(27)14-16-15-23-21(29)24(2)20(16)28/h4-6,10,15,18H,3,7-9,11-14H2,1-2H3,(H,23,29). The van der Waals surface area contributed by atoms with Gasteiger partial charge in [0.15, 0.2) is 0 Å². The van der Waals surface area contributed by atoms with Crippen LogP contribution in [-0.2, 0) is 24.7 Å². The third-order valence-electron chi connectivity index (χ3n) is 5.70. The van der Waals surface area contributed by atoms with Crippen molar-refractivity contribution in [1.29, 1.82) is 0 Å². The first-order valence-electron chi connectivity index (χ1n) is 10.2. The van der Waals surface area contributed by atoms with Gasteiger partial charge in [0.05, 0.1) is 6.42 Å². The summed E-state index contributed by atoms with van der Waals surface area (Å²) < 4.78 is 1.00. The molecule has 1 amide bonds. The molecule has 0 radical (unpaired) electrons. The maximum absolute atomic E-state index is 13.2. The van der Waals surface area contributed by atoms with Gasteiger partial charge in [-0.05, 0) is 31.5 Å². The van der Waals surface area contributed by atoms with Gasteiger partial charge in [-0.25, -0.2) is 4.79 Å². The average Bonchev–Trinajstić information content (AvgIpc) is 2.75. The fourth-order valence-electron chi connectivity index (χ4n) is 3.85. The Balaban J connectivity index is 1.76. The normalized spacial score (nSPS) is 15.4. The zero-order valence-electron chi connectivity index (χ0n) is 17.1. The van der Waals surface area contributed by atoms with E-state index in [4.69, 9.17) is 0 Å². The van der Waals surface area contributed by atoms with Crippen LogP contribution < -0.4 is 11.2 Å². The molecule has 2 aromatic heterocycles. The van der Waals surface area contributed by atoms with E-state index in [9.17, 15) is 14.4 Å². The van der Waals surface area contributed by atoms with Gasteiger partial charge >= 0.3 is 5.69 Å². The molecule has 8 heteroatoms. The van der Waals surface area contributed by atoms with Gasteiger partial charge in [0.25, 0.3) is 5.56 Å². The quantitative estimate of drug-likeness (QED) is 0.735. The molecule has 2 aromatic rings. The van der Waals surface area contributed by atoms with Gasteiger partial charge in [0.2, 0.25) is 5.91 Å². The Morgan fingerprint density at radius 3 is 2.69 bits per heavy atom. The lowest BCUT2D eigenvalue weighted by Crippen LogP contribution is -2.49. The lowest BCUT2D eigenvalue weighted by molar-refractivity contribution is -0.133. The van der Waals surface area contributed by atoms with Crippen molar-refractivity contribution in [3.8, 4) is 0 Å². The SMILES string of the molecule is CCN1CCC(N(CCc2ccccn2)C(=O)Cc2c[nH]c(=O)n(C)c2=O)CC1. The van der Waals surface area contributed by atoms with E-state index in [0.717, 1.165) is 42.7 Å². The molecular weight excluding hydrogens is 370 g/mol. The zero-order valence-corrected chi connectivity index (χ0v) is 17.1. The van der Waals surface area contributed by atoms with Crippen LogP contribution in [0, 0.1) is 0 Å². The number of aromatic nitrogens is 3. The van der Waals surface area contributed by atoms with Crippen LogP contribution in [0.2, 0.25) is 0 Å². The summed E-state index contributed by atoms with van der Waals surface area (Å²) >= 11 is 0. The van der Waals surface area contributed by atoms with Crippen molar-refractivity contribution < 1.29 is 4.79 Å². The molecule has 0 spiro atoms. The third kappa shape index (κ3) is 5.20. The Kier molecular flexibility index (Phi) is 6.98. The topological polar surface area (TPSA) is 91.3 Å². The Bertz CT molecular complexity index is 929. The number of piperidine rings is 1. The summed E-state index contributed by atoms with van der Waals surface area (Å²) in [6.45, 7) is 5.67. The summed E-state index contributed by atoms with van der Waals surface area (Å²) in [5.74, 6) is -0.0833. The molecule has 29 heavy (non-hydrogen) atoms. The van der Waals surface area contributed by atoms with E-state index >= 15 is 0 Å². The van der Waals surface area contributed by atoms with E-state index in [1.54, 1.807) is 6.20 Å². The van der Waals surface area contributed by atoms with Crippen molar-refractivity contribution >= 4 is 5.91 Å². The second kappa shape index (κ2) is 9.65. The molecule has 1 N–H and O–H groups in total. The Morgan fingerprint density at radius 2 is 2.03 bits per heavy atom. The number of H-pyrrole nitrogens is 1. The van der Waals surface area contributed by atoms with Gasteiger partial charge in [-0.2, -0.15) is 0 Å². The molecule has 0 aliphatic carbocycles. The van der Waals surface area contributed by atoms with Gasteiger partial charge in [-0.1, -0.05) is 13.0 Å². The number of carbonyl (C=O) groups is 1. The number of hydrogen-bond acceptors (Lipinski definition) is 5. The fraction of sp³-hybridized carbons (Fsp3) is 0.524. The number of aromatic amines is 1. The fourth-order valence-corrected chi connectivity index (χ4v) is 3.85. The van der Waals surface area contributed by atoms with E-state index in [2.05, 4.69) is 21.8 Å². The molecule has 0 bridgehead atoms. The summed E-state index contributed by atoms with van der Waals surface area (Å²) in [4.78, 5) is 48.3. The molecule has 0 unspecified atom stereocenters. The third-order valence-corrected chi connectivity index (χ3v) is 5.70. The second-order valence-electron chi connectivity index (χ2n) is 7.48. The van der Waals surface area contributed by atoms with Crippen LogP contribution in [0.5, 0.6) is 0 Å². The van der Waals surface area contributed by atoms with Crippen LogP contribution in [0.1, 0.15) is 31.0 Å². The summed E-state index contributed by atoms with van der Waals surface area (Å²) in [6.07, 6.45) is 5.62. The largest absolute Gasteiger partial charge is 0.339 e. The minimum Gasteiger partial charge on any atom is -0.339 e. The van der Waals surface area contributed by atoms with Crippen molar-refractivity contribution in [2.24, 2.45) is 7.05 Å². The molecule has 1 fully saturated rings. The van der Waals surface area contributed by atoms with E-state index in [0.29, 0.717) is 18.5 Å². The maximum Gasteiger partial charge on any atom is 0.328 e. The number of pyridine rings is 1. The molecule has 3 rings (SSSR count). The van der Waals surface area contributed by atoms with E-state index < -0.39 is 11.2 Å². The molecule has 1 aliphatic rings. The van der Waals surface area contributed by atoms with Crippen LogP contribution in [0.25, 0.3) is 0 Å². The molecule has 8 nitrogen and oxygen atoms in total. The first kappa shape index (κ1) is 21.0. The number of rotatable bonds is 7. The Hall–Kier alpha value is -2.74. The lowest BCUT2D eigenvalue weighted by Gasteiger charge is -2.38. The molecule has 0 atom stereocenters. The van der Waals surface area contributed by atoms with Gasteiger partial charge in [-0.3, -0.25) is 19.1 Å². The van der Waals surface area contributed by atoms with Gasteiger partial charge in [-0.15, -0.1) is 0 Å². The van der Waals surface area contributed by atoms with Crippen LogP contribution in [0.4, 0.5) is 0 Å². The summed E-state index contributed by atoms with van der Waals surface area (Å²) in [7, 11) is 1.41. The molecule has 0 saturated carbocycles. The van der Waals surface area contributed by atoms with Gasteiger partial charge in [0.1, 0.15) is 0 Å². The summed E-state index contributed by atoms with van der Waals surface area (Å²) in [5.41, 5.74) is 0.347. The monoisotopic (exact) mass is 399 g/mol. The number of amides is 1. The molecular formula is C21H29N5O3. The number of nitrogens with one attached hydrogen (secondary N) is 1. The number of nitrogens with zero attached hydrogens (tertiary/aromatic N) is 4. The number of carbonyl (C=O) groups excluding carboxylic acids is 1. The molecule has 3 heterocycles. The number of likely N-dealkylation sites (tertiary alicyclic amines) is 1. The van der Waals surface area contributed by atoms with Crippen LogP contribution in [0.3, 0.4) is 0 Å². The molecule has 0 aromatic carbocycles. The van der Waals surface area contributed by atoms with Crippen molar-refractivity contribution in [1.82, 2.24) is 24.3 Å². The smallest absolute Gasteiger partial charge is 0.328 e. The van der Waals surface area contributed by atoms with E-state index in [-0.39, 0.29) is 18.4 Å². The highest BCUT2D eigenvalue weighted by Crippen LogP contribution is 2.18. The minimum absolute atomic E-state index is 0.0142. The minimum atomic E-state index is -0.481. The Labute approximate surface area is 170 Å². The highest BCUT2D eigenvalue weighted by molar-refractivity contribution is 5.79. The summed E-state index contributed by atoms with van der Waals surface area (Å²) in [5, 5.41) is 0. The highest BCUT2D eigenvalue weighted by atomic mass is 16.2. The van der Waals surface area contributed by atoms with E-state index in [1.807, 2.05) is 23.1 Å². The zero-order chi connectivity index (χ0) is 20.8. The van der Waals surface area contributed by atoms with Gasteiger partial charge < -0.3 is 14.8 Å². The van der Waals surface area contributed by atoms with Crippen molar-refractivity contribution in [3.63, 3.8) is 0 Å². The molecule has 1 aliphatic heterocycles. The van der Waals surface area contributed by atoms with Crippen molar-refractivity contribution in [3.05, 3.63) is 62.7 Å². The predicted octanol–water partition coefficient (Wildman–Crippen LogP) is 0.567. The maximum atomic E-state index is 13.2. The number of hydrogen-bond donors (Lipinski definition) is 1. The highest BCUT2D eigenvalue weighted by Gasteiger charge is 2.28. The van der Waals surface area contributed by atoms with Crippen molar-refractivity contribution in [2.75, 3.05) is 26.2 Å². The predicted molar refractivity (Wildman–Crippen MR) is 111 cm³/mol. The van der Waals surface area contributed by atoms with Crippen LogP contribution >= 0.6 is 0 Å². The molecule has 156 valence electrons. The van der Waals surface area contributed by atoms with E-state index in [1.165, 1.54) is 13.2 Å². The van der Waals surface area contributed by atoms with Crippen molar-refractivity contribution in [2.45, 2.75) is 38.6 Å². The van der Waals surface area contributed by atoms with Crippen LogP contribution in [-0.4, -0.2) is 62.5 Å². The van der Waals surface area contributed by atoms with Crippen LogP contribution in [0.15, 0.2) is 40.2 Å². The Morgan fingerprint density at radius 1 is 1.28 bits per heavy atom. The van der Waals surface area contributed by atoms with Gasteiger partial charge in [0, 0.05) is 62.8 Å².